The Morgan fingerprint density at radius 1 is 1.24 bits per heavy atom. The van der Waals surface area contributed by atoms with Crippen LogP contribution in [0.3, 0.4) is 0 Å². The SMILES string of the molecule is O=C(NCCOc1ccc2c(c1)OCO2)N(C[C@@H]1CCOC1)C1CC1. The number of hydrogen-bond acceptors (Lipinski definition) is 5. The van der Waals surface area contributed by atoms with E-state index < -0.39 is 0 Å². The predicted molar refractivity (Wildman–Crippen MR) is 90.1 cm³/mol. The zero-order valence-corrected chi connectivity index (χ0v) is 14.2. The lowest BCUT2D eigenvalue weighted by atomic mass is 10.1. The number of carbonyl (C=O) groups is 1. The van der Waals surface area contributed by atoms with Crippen LogP contribution < -0.4 is 19.5 Å². The van der Waals surface area contributed by atoms with Gasteiger partial charge in [0.2, 0.25) is 6.79 Å². The Bertz CT molecular complexity index is 613. The van der Waals surface area contributed by atoms with Gasteiger partial charge in [-0.2, -0.15) is 0 Å². The van der Waals surface area contributed by atoms with Gasteiger partial charge in [-0.15, -0.1) is 0 Å². The topological polar surface area (TPSA) is 69.3 Å². The third kappa shape index (κ3) is 4.10. The van der Waals surface area contributed by atoms with E-state index in [0.29, 0.717) is 36.6 Å². The number of amides is 2. The number of fused-ring (bicyclic) bond motifs is 1. The van der Waals surface area contributed by atoms with Crippen molar-refractivity contribution in [3.63, 3.8) is 0 Å². The molecule has 1 aromatic rings. The Labute approximate surface area is 147 Å². The summed E-state index contributed by atoms with van der Waals surface area (Å²) in [4.78, 5) is 14.4. The summed E-state index contributed by atoms with van der Waals surface area (Å²) in [5, 5.41) is 2.97. The summed E-state index contributed by atoms with van der Waals surface area (Å²) in [7, 11) is 0. The van der Waals surface area contributed by atoms with E-state index in [1.54, 1.807) is 6.07 Å². The van der Waals surface area contributed by atoms with Crippen LogP contribution in [0.1, 0.15) is 19.3 Å². The first-order valence-electron chi connectivity index (χ1n) is 8.94. The lowest BCUT2D eigenvalue weighted by Gasteiger charge is -2.25. The van der Waals surface area contributed by atoms with Gasteiger partial charge in [-0.05, 0) is 31.4 Å². The molecule has 1 atom stereocenters. The van der Waals surface area contributed by atoms with Gasteiger partial charge < -0.3 is 29.2 Å². The fourth-order valence-electron chi connectivity index (χ4n) is 3.18. The molecule has 0 bridgehead atoms. The zero-order chi connectivity index (χ0) is 17.1. The molecule has 25 heavy (non-hydrogen) atoms. The smallest absolute Gasteiger partial charge is 0.317 e. The van der Waals surface area contributed by atoms with Gasteiger partial charge in [0.15, 0.2) is 11.5 Å². The van der Waals surface area contributed by atoms with E-state index in [-0.39, 0.29) is 12.8 Å². The molecular formula is C18H24N2O5. The minimum absolute atomic E-state index is 0.00341. The predicted octanol–water partition coefficient (Wildman–Crippen LogP) is 2.00. The summed E-state index contributed by atoms with van der Waals surface area (Å²) in [6.45, 7) is 3.50. The van der Waals surface area contributed by atoms with E-state index >= 15 is 0 Å². The van der Waals surface area contributed by atoms with Crippen LogP contribution in [-0.2, 0) is 4.74 Å². The van der Waals surface area contributed by atoms with Gasteiger partial charge in [0.25, 0.3) is 0 Å². The minimum Gasteiger partial charge on any atom is -0.492 e. The summed E-state index contributed by atoms with van der Waals surface area (Å²) in [6, 6.07) is 5.88. The maximum Gasteiger partial charge on any atom is 0.317 e. The number of ether oxygens (including phenoxy) is 4. The summed E-state index contributed by atoms with van der Waals surface area (Å²) in [6.07, 6.45) is 3.26. The second kappa shape index (κ2) is 7.39. The molecule has 3 aliphatic rings. The van der Waals surface area contributed by atoms with E-state index in [0.717, 1.165) is 44.8 Å². The standard InChI is InChI=1S/C18H24N2O5/c21-18(20(14-1-2-14)10-13-5-7-22-11-13)19-6-8-23-15-3-4-16-17(9-15)25-12-24-16/h3-4,9,13-14H,1-2,5-8,10-12H2,(H,19,21)/t13-/m0/s1. The molecule has 2 amide bonds. The van der Waals surface area contributed by atoms with E-state index in [1.807, 2.05) is 17.0 Å². The Kier molecular flexibility index (Phi) is 4.83. The molecule has 2 heterocycles. The van der Waals surface area contributed by atoms with Crippen molar-refractivity contribution in [2.75, 3.05) is 39.7 Å². The van der Waals surface area contributed by atoms with Crippen molar-refractivity contribution in [3.05, 3.63) is 18.2 Å². The average molecular weight is 348 g/mol. The first-order valence-corrected chi connectivity index (χ1v) is 8.94. The minimum atomic E-state index is 0.00341. The molecule has 7 heteroatoms. The van der Waals surface area contributed by atoms with Crippen LogP contribution in [0.5, 0.6) is 17.2 Å². The number of carbonyl (C=O) groups excluding carboxylic acids is 1. The maximum absolute atomic E-state index is 12.5. The zero-order valence-electron chi connectivity index (χ0n) is 14.2. The fraction of sp³-hybridized carbons (Fsp3) is 0.611. The van der Waals surface area contributed by atoms with Crippen LogP contribution in [0.15, 0.2) is 18.2 Å². The van der Waals surface area contributed by atoms with Crippen molar-refractivity contribution in [1.82, 2.24) is 10.2 Å². The molecule has 7 nitrogen and oxygen atoms in total. The molecule has 1 aromatic carbocycles. The number of hydrogen-bond donors (Lipinski definition) is 1. The Hall–Kier alpha value is -2.15. The maximum atomic E-state index is 12.5. The van der Waals surface area contributed by atoms with Gasteiger partial charge in [-0.3, -0.25) is 0 Å². The quantitative estimate of drug-likeness (QED) is 0.764. The first kappa shape index (κ1) is 16.3. The first-order chi connectivity index (χ1) is 12.3. The van der Waals surface area contributed by atoms with Crippen LogP contribution in [0.4, 0.5) is 4.79 Å². The van der Waals surface area contributed by atoms with Crippen molar-refractivity contribution in [2.45, 2.75) is 25.3 Å². The van der Waals surface area contributed by atoms with Crippen LogP contribution in [0.2, 0.25) is 0 Å². The van der Waals surface area contributed by atoms with Crippen molar-refractivity contribution in [1.29, 1.82) is 0 Å². The van der Waals surface area contributed by atoms with E-state index in [9.17, 15) is 4.79 Å². The van der Waals surface area contributed by atoms with E-state index in [4.69, 9.17) is 18.9 Å². The molecule has 0 radical (unpaired) electrons. The van der Waals surface area contributed by atoms with E-state index in [1.165, 1.54) is 0 Å². The van der Waals surface area contributed by atoms with Crippen molar-refractivity contribution < 1.29 is 23.7 Å². The molecule has 0 aromatic heterocycles. The molecule has 136 valence electrons. The highest BCUT2D eigenvalue weighted by Crippen LogP contribution is 2.35. The second-order valence-electron chi connectivity index (χ2n) is 6.71. The van der Waals surface area contributed by atoms with Gasteiger partial charge in [-0.25, -0.2) is 4.79 Å². The normalized spacial score (nSPS) is 21.2. The summed E-state index contributed by atoms with van der Waals surface area (Å²) in [5.74, 6) is 2.61. The van der Waals surface area contributed by atoms with Crippen LogP contribution in [0.25, 0.3) is 0 Å². The molecule has 1 saturated carbocycles. The number of benzene rings is 1. The fourth-order valence-corrected chi connectivity index (χ4v) is 3.18. The van der Waals surface area contributed by atoms with Crippen molar-refractivity contribution in [2.24, 2.45) is 5.92 Å². The van der Waals surface area contributed by atoms with E-state index in [2.05, 4.69) is 5.32 Å². The van der Waals surface area contributed by atoms with Crippen molar-refractivity contribution in [3.8, 4) is 17.2 Å². The summed E-state index contributed by atoms with van der Waals surface area (Å²) in [5.41, 5.74) is 0. The second-order valence-corrected chi connectivity index (χ2v) is 6.71. The molecule has 0 spiro atoms. The van der Waals surface area contributed by atoms with Crippen LogP contribution in [-0.4, -0.2) is 56.7 Å². The molecule has 0 unspecified atom stereocenters. The molecule has 4 rings (SSSR count). The largest absolute Gasteiger partial charge is 0.492 e. The highest BCUT2D eigenvalue weighted by atomic mass is 16.7. The Balaban J connectivity index is 1.21. The summed E-state index contributed by atoms with van der Waals surface area (Å²) >= 11 is 0. The molecule has 1 saturated heterocycles. The molecule has 1 aliphatic carbocycles. The van der Waals surface area contributed by atoms with Gasteiger partial charge in [0.05, 0.1) is 13.2 Å². The Morgan fingerprint density at radius 2 is 2.12 bits per heavy atom. The van der Waals surface area contributed by atoms with Crippen LogP contribution in [0, 0.1) is 5.92 Å². The number of nitrogens with zero attached hydrogens (tertiary/aromatic N) is 1. The number of rotatable bonds is 7. The number of urea groups is 1. The van der Waals surface area contributed by atoms with Crippen molar-refractivity contribution >= 4 is 6.03 Å². The lowest BCUT2D eigenvalue weighted by Crippen LogP contribution is -2.45. The molecule has 2 aliphatic heterocycles. The molecule has 1 N–H and O–H groups in total. The third-order valence-corrected chi connectivity index (χ3v) is 4.72. The van der Waals surface area contributed by atoms with Crippen LogP contribution >= 0.6 is 0 Å². The monoisotopic (exact) mass is 348 g/mol. The molecular weight excluding hydrogens is 324 g/mol. The average Bonchev–Trinajstić information content (AvgIpc) is 3.13. The summed E-state index contributed by atoms with van der Waals surface area (Å²) < 4.78 is 21.7. The van der Waals surface area contributed by atoms with Gasteiger partial charge >= 0.3 is 6.03 Å². The lowest BCUT2D eigenvalue weighted by molar-refractivity contribution is 0.161. The highest BCUT2D eigenvalue weighted by molar-refractivity contribution is 5.74. The third-order valence-electron chi connectivity index (χ3n) is 4.72. The van der Waals surface area contributed by atoms with Gasteiger partial charge in [0, 0.05) is 31.2 Å². The highest BCUT2D eigenvalue weighted by Gasteiger charge is 2.34. The number of nitrogens with one attached hydrogen (secondary N) is 1. The molecule has 2 fully saturated rings. The van der Waals surface area contributed by atoms with Gasteiger partial charge in [-0.1, -0.05) is 0 Å². The van der Waals surface area contributed by atoms with Gasteiger partial charge in [0.1, 0.15) is 12.4 Å². The Morgan fingerprint density at radius 3 is 2.92 bits per heavy atom.